The molecule has 1 N–H and O–H groups in total. The van der Waals surface area contributed by atoms with E-state index in [1.807, 2.05) is 4.90 Å². The second-order valence-electron chi connectivity index (χ2n) is 6.01. The second-order valence-corrected chi connectivity index (χ2v) is 6.01. The van der Waals surface area contributed by atoms with E-state index in [9.17, 15) is 9.59 Å². The maximum atomic E-state index is 12.7. The standard InChI is InChI=1S/C15H26N2O2/c1-4-6-10(3)17-12(7-5-2)14(18)16-13(15(17)19)11-8-9-11/h10-13H,4-9H2,1-3H3,(H,16,18). The van der Waals surface area contributed by atoms with Crippen LogP contribution in [0.25, 0.3) is 0 Å². The van der Waals surface area contributed by atoms with E-state index in [2.05, 4.69) is 26.1 Å². The molecule has 4 nitrogen and oxygen atoms in total. The van der Waals surface area contributed by atoms with Crippen LogP contribution in [0, 0.1) is 5.92 Å². The van der Waals surface area contributed by atoms with Gasteiger partial charge < -0.3 is 10.2 Å². The minimum absolute atomic E-state index is 0.0568. The summed E-state index contributed by atoms with van der Waals surface area (Å²) in [5.74, 6) is 0.596. The van der Waals surface area contributed by atoms with Crippen LogP contribution < -0.4 is 5.32 Å². The molecule has 1 heterocycles. The maximum Gasteiger partial charge on any atom is 0.246 e. The van der Waals surface area contributed by atoms with Crippen LogP contribution in [-0.2, 0) is 9.59 Å². The number of nitrogens with zero attached hydrogens (tertiary/aromatic N) is 1. The van der Waals surface area contributed by atoms with Crippen LogP contribution in [0.15, 0.2) is 0 Å². The highest BCUT2D eigenvalue weighted by molar-refractivity contribution is 5.97. The van der Waals surface area contributed by atoms with Crippen molar-refractivity contribution < 1.29 is 9.59 Å². The number of carbonyl (C=O) groups excluding carboxylic acids is 2. The SMILES string of the molecule is CCCC(C)N1C(=O)C(C2CC2)NC(=O)C1CCC. The first-order valence-electron chi connectivity index (χ1n) is 7.72. The lowest BCUT2D eigenvalue weighted by Gasteiger charge is -2.42. The summed E-state index contributed by atoms with van der Waals surface area (Å²) < 4.78 is 0. The molecule has 3 unspecified atom stereocenters. The molecule has 0 aromatic rings. The Morgan fingerprint density at radius 2 is 1.95 bits per heavy atom. The van der Waals surface area contributed by atoms with Crippen LogP contribution in [0.5, 0.6) is 0 Å². The summed E-state index contributed by atoms with van der Waals surface area (Å²) in [7, 11) is 0. The number of nitrogens with one attached hydrogen (secondary N) is 1. The Labute approximate surface area is 115 Å². The lowest BCUT2D eigenvalue weighted by molar-refractivity contribution is -0.153. The highest BCUT2D eigenvalue weighted by atomic mass is 16.2. The first kappa shape index (κ1) is 14.4. The molecule has 1 saturated heterocycles. The Kier molecular flexibility index (Phi) is 4.48. The molecule has 4 heteroatoms. The summed E-state index contributed by atoms with van der Waals surface area (Å²) in [6, 6.07) is -0.338. The van der Waals surface area contributed by atoms with Crippen LogP contribution in [0.3, 0.4) is 0 Å². The number of amides is 2. The number of hydrogen-bond acceptors (Lipinski definition) is 2. The van der Waals surface area contributed by atoms with Crippen molar-refractivity contribution in [3.63, 3.8) is 0 Å². The van der Waals surface area contributed by atoms with Gasteiger partial charge in [-0.2, -0.15) is 0 Å². The Bertz CT molecular complexity index is 352. The topological polar surface area (TPSA) is 49.4 Å². The van der Waals surface area contributed by atoms with Crippen LogP contribution in [-0.4, -0.2) is 34.8 Å². The molecule has 108 valence electrons. The van der Waals surface area contributed by atoms with Crippen LogP contribution >= 0.6 is 0 Å². The van der Waals surface area contributed by atoms with Gasteiger partial charge in [-0.1, -0.05) is 26.7 Å². The van der Waals surface area contributed by atoms with Gasteiger partial charge >= 0.3 is 0 Å². The fourth-order valence-electron chi connectivity index (χ4n) is 3.13. The van der Waals surface area contributed by atoms with Crippen molar-refractivity contribution in [2.75, 3.05) is 0 Å². The van der Waals surface area contributed by atoms with Gasteiger partial charge in [-0.3, -0.25) is 9.59 Å². The number of hydrogen-bond donors (Lipinski definition) is 1. The summed E-state index contributed by atoms with van der Waals surface area (Å²) in [5, 5.41) is 2.96. The fourth-order valence-corrected chi connectivity index (χ4v) is 3.13. The minimum atomic E-state index is -0.256. The second kappa shape index (κ2) is 5.93. The lowest BCUT2D eigenvalue weighted by atomic mass is 9.97. The van der Waals surface area contributed by atoms with Crippen molar-refractivity contribution in [3.8, 4) is 0 Å². The molecule has 2 amide bonds. The molecule has 3 atom stereocenters. The minimum Gasteiger partial charge on any atom is -0.342 e. The Morgan fingerprint density at radius 1 is 1.26 bits per heavy atom. The van der Waals surface area contributed by atoms with E-state index >= 15 is 0 Å². The van der Waals surface area contributed by atoms with Crippen LogP contribution in [0.4, 0.5) is 0 Å². The van der Waals surface area contributed by atoms with Crippen LogP contribution in [0.2, 0.25) is 0 Å². The number of rotatable bonds is 6. The van der Waals surface area contributed by atoms with Gasteiger partial charge in [0.25, 0.3) is 0 Å². The fraction of sp³-hybridized carbons (Fsp3) is 0.867. The summed E-state index contributed by atoms with van der Waals surface area (Å²) in [5.41, 5.74) is 0. The Hall–Kier alpha value is -1.06. The Morgan fingerprint density at radius 3 is 2.47 bits per heavy atom. The predicted molar refractivity (Wildman–Crippen MR) is 74.6 cm³/mol. The van der Waals surface area contributed by atoms with E-state index in [0.29, 0.717) is 5.92 Å². The molecule has 0 radical (unpaired) electrons. The largest absolute Gasteiger partial charge is 0.342 e. The van der Waals surface area contributed by atoms with Crippen LogP contribution in [0.1, 0.15) is 59.3 Å². The first-order chi connectivity index (χ1) is 9.10. The molecule has 19 heavy (non-hydrogen) atoms. The van der Waals surface area contributed by atoms with Gasteiger partial charge in [0.05, 0.1) is 0 Å². The molecule has 0 aromatic heterocycles. The van der Waals surface area contributed by atoms with E-state index < -0.39 is 0 Å². The highest BCUT2D eigenvalue weighted by Crippen LogP contribution is 2.36. The molecule has 0 bridgehead atoms. The van der Waals surface area contributed by atoms with E-state index in [1.54, 1.807) is 0 Å². The van der Waals surface area contributed by atoms with E-state index in [-0.39, 0.29) is 29.9 Å². The molecular weight excluding hydrogens is 240 g/mol. The van der Waals surface area contributed by atoms with Crippen molar-refractivity contribution in [1.82, 2.24) is 10.2 Å². The molecule has 2 rings (SSSR count). The zero-order valence-corrected chi connectivity index (χ0v) is 12.3. The average molecular weight is 266 g/mol. The Balaban J connectivity index is 2.18. The molecule has 1 saturated carbocycles. The summed E-state index contributed by atoms with van der Waals surface area (Å²) in [6.07, 6.45) is 5.85. The lowest BCUT2D eigenvalue weighted by Crippen LogP contribution is -2.65. The zero-order valence-electron chi connectivity index (χ0n) is 12.3. The molecule has 2 aliphatic rings. The van der Waals surface area contributed by atoms with Gasteiger partial charge in [0.15, 0.2) is 0 Å². The third kappa shape index (κ3) is 2.93. The monoisotopic (exact) mass is 266 g/mol. The molecule has 2 fully saturated rings. The quantitative estimate of drug-likeness (QED) is 0.800. The van der Waals surface area contributed by atoms with Gasteiger partial charge in [-0.15, -0.1) is 0 Å². The maximum absolute atomic E-state index is 12.7. The normalized spacial score (nSPS) is 29.3. The number of piperazine rings is 1. The van der Waals surface area contributed by atoms with E-state index in [0.717, 1.165) is 38.5 Å². The van der Waals surface area contributed by atoms with Crippen molar-refractivity contribution in [2.45, 2.75) is 77.4 Å². The van der Waals surface area contributed by atoms with Crippen molar-refractivity contribution >= 4 is 11.8 Å². The molecule has 1 aliphatic heterocycles. The first-order valence-corrected chi connectivity index (χ1v) is 7.72. The van der Waals surface area contributed by atoms with E-state index in [1.165, 1.54) is 0 Å². The number of carbonyl (C=O) groups is 2. The summed E-state index contributed by atoms with van der Waals surface area (Å²) in [4.78, 5) is 26.8. The van der Waals surface area contributed by atoms with E-state index in [4.69, 9.17) is 0 Å². The third-order valence-corrected chi connectivity index (χ3v) is 4.29. The van der Waals surface area contributed by atoms with Crippen molar-refractivity contribution in [1.29, 1.82) is 0 Å². The predicted octanol–water partition coefficient (Wildman–Crippen LogP) is 2.08. The zero-order chi connectivity index (χ0) is 14.0. The van der Waals surface area contributed by atoms with Gasteiger partial charge in [-0.05, 0) is 38.5 Å². The molecular formula is C15H26N2O2. The summed E-state index contributed by atoms with van der Waals surface area (Å²) in [6.45, 7) is 6.26. The highest BCUT2D eigenvalue weighted by Gasteiger charge is 2.47. The van der Waals surface area contributed by atoms with Gasteiger partial charge in [-0.25, -0.2) is 0 Å². The average Bonchev–Trinajstić information content (AvgIpc) is 3.18. The van der Waals surface area contributed by atoms with Gasteiger partial charge in [0.2, 0.25) is 11.8 Å². The molecule has 1 aliphatic carbocycles. The summed E-state index contributed by atoms with van der Waals surface area (Å²) >= 11 is 0. The third-order valence-electron chi connectivity index (χ3n) is 4.29. The molecule has 0 spiro atoms. The van der Waals surface area contributed by atoms with Gasteiger partial charge in [0.1, 0.15) is 12.1 Å². The molecule has 0 aromatic carbocycles. The van der Waals surface area contributed by atoms with Gasteiger partial charge in [0, 0.05) is 6.04 Å². The van der Waals surface area contributed by atoms with Crippen molar-refractivity contribution in [2.24, 2.45) is 5.92 Å². The smallest absolute Gasteiger partial charge is 0.246 e. The van der Waals surface area contributed by atoms with Crippen molar-refractivity contribution in [3.05, 3.63) is 0 Å².